The van der Waals surface area contributed by atoms with Crippen LogP contribution >= 0.6 is 0 Å². The molecule has 0 amide bonds. The summed E-state index contributed by atoms with van der Waals surface area (Å²) in [7, 11) is 2.10. The lowest BCUT2D eigenvalue weighted by molar-refractivity contribution is 0.251. The van der Waals surface area contributed by atoms with Crippen LogP contribution < -0.4 is 5.73 Å². The van der Waals surface area contributed by atoms with E-state index in [2.05, 4.69) is 62.2 Å². The highest BCUT2D eigenvalue weighted by molar-refractivity contribution is 5.64. The van der Waals surface area contributed by atoms with Crippen molar-refractivity contribution in [3.05, 3.63) is 99.1 Å². The number of nitrogens with two attached hydrogens (primary N) is 1. The van der Waals surface area contributed by atoms with Crippen LogP contribution in [0.15, 0.2) is 76.9 Å². The maximum atomic E-state index is 9.86. The molecule has 146 valence electrons. The van der Waals surface area contributed by atoms with Gasteiger partial charge < -0.3 is 10.5 Å². The third kappa shape index (κ3) is 3.46. The molecule has 2 heterocycles. The van der Waals surface area contributed by atoms with Crippen LogP contribution in [-0.4, -0.2) is 25.0 Å². The third-order valence-electron chi connectivity index (χ3n) is 5.72. The summed E-state index contributed by atoms with van der Waals surface area (Å²) in [6.07, 6.45) is 2.18. The Kier molecular flexibility index (Phi) is 5.00. The van der Waals surface area contributed by atoms with Gasteiger partial charge in [0.25, 0.3) is 0 Å². The highest BCUT2D eigenvalue weighted by Gasteiger charge is 2.37. The summed E-state index contributed by atoms with van der Waals surface area (Å²) >= 11 is 0. The molecule has 2 aromatic carbocycles. The zero-order valence-electron chi connectivity index (χ0n) is 17.1. The Hall–Kier alpha value is -3.29. The maximum Gasteiger partial charge on any atom is 0.205 e. The number of rotatable bonds is 2. The molecule has 0 bridgehead atoms. The molecule has 1 unspecified atom stereocenters. The van der Waals surface area contributed by atoms with Crippen molar-refractivity contribution in [1.29, 1.82) is 5.26 Å². The zero-order chi connectivity index (χ0) is 20.5. The van der Waals surface area contributed by atoms with Gasteiger partial charge >= 0.3 is 0 Å². The molecule has 4 heteroatoms. The molecule has 0 aliphatic carbocycles. The molecule has 2 N–H and O–H groups in total. The van der Waals surface area contributed by atoms with Crippen LogP contribution in [0.2, 0.25) is 0 Å². The Morgan fingerprint density at radius 3 is 2.45 bits per heavy atom. The number of likely N-dealkylation sites (N-methyl/N-ethyl adjacent to an activating group) is 1. The minimum Gasteiger partial charge on any atom is -0.440 e. The molecule has 29 heavy (non-hydrogen) atoms. The number of allylic oxidation sites excluding steroid dienone is 1. The topological polar surface area (TPSA) is 62.3 Å². The van der Waals surface area contributed by atoms with Crippen molar-refractivity contribution in [2.45, 2.75) is 19.8 Å². The van der Waals surface area contributed by atoms with E-state index in [9.17, 15) is 5.26 Å². The Balaban J connectivity index is 1.91. The molecule has 0 spiro atoms. The van der Waals surface area contributed by atoms with E-state index >= 15 is 0 Å². The first-order valence-electron chi connectivity index (χ1n) is 9.81. The summed E-state index contributed by atoms with van der Waals surface area (Å²) in [4.78, 5) is 2.26. The van der Waals surface area contributed by atoms with Gasteiger partial charge in [0.05, 0.1) is 5.92 Å². The second-order valence-corrected chi connectivity index (χ2v) is 7.83. The van der Waals surface area contributed by atoms with Crippen molar-refractivity contribution >= 4 is 6.08 Å². The van der Waals surface area contributed by atoms with E-state index in [1.165, 1.54) is 5.56 Å². The average Bonchev–Trinajstić information content (AvgIpc) is 2.70. The highest BCUT2D eigenvalue weighted by atomic mass is 16.5. The first-order chi connectivity index (χ1) is 14.0. The molecule has 4 nitrogen and oxygen atoms in total. The number of aryl methyl sites for hydroxylation is 2. The zero-order valence-corrected chi connectivity index (χ0v) is 17.1. The van der Waals surface area contributed by atoms with Crippen LogP contribution in [0.25, 0.3) is 6.08 Å². The van der Waals surface area contributed by atoms with Crippen molar-refractivity contribution in [1.82, 2.24) is 4.90 Å². The summed E-state index contributed by atoms with van der Waals surface area (Å²) in [5, 5.41) is 9.86. The van der Waals surface area contributed by atoms with Crippen LogP contribution in [0.1, 0.15) is 28.2 Å². The maximum absolute atomic E-state index is 9.86. The molecule has 0 radical (unpaired) electrons. The molecule has 4 rings (SSSR count). The SMILES string of the molecule is Cc1ccccc1/C=C1\CN(C)CC2=C1OC(N)=C(C#N)C2c1ccccc1C. The number of hydrogen-bond donors (Lipinski definition) is 1. The minimum atomic E-state index is -0.187. The predicted octanol–water partition coefficient (Wildman–Crippen LogP) is 4.39. The normalized spacial score (nSPS) is 21.0. The van der Waals surface area contributed by atoms with E-state index in [0.717, 1.165) is 46.7 Å². The van der Waals surface area contributed by atoms with Crippen molar-refractivity contribution in [3.8, 4) is 6.07 Å². The Bertz CT molecular complexity index is 1100. The summed E-state index contributed by atoms with van der Waals surface area (Å²) in [5.41, 5.74) is 13.5. The second-order valence-electron chi connectivity index (χ2n) is 7.83. The van der Waals surface area contributed by atoms with Crippen molar-refractivity contribution < 1.29 is 4.74 Å². The van der Waals surface area contributed by atoms with Crippen LogP contribution in [-0.2, 0) is 4.74 Å². The van der Waals surface area contributed by atoms with Gasteiger partial charge in [0.15, 0.2) is 0 Å². The molecule has 0 aromatic heterocycles. The van der Waals surface area contributed by atoms with Gasteiger partial charge in [0, 0.05) is 18.7 Å². The van der Waals surface area contributed by atoms with Gasteiger partial charge in [0.2, 0.25) is 5.88 Å². The van der Waals surface area contributed by atoms with Crippen LogP contribution in [0.4, 0.5) is 0 Å². The van der Waals surface area contributed by atoms with E-state index in [1.54, 1.807) is 0 Å². The fourth-order valence-corrected chi connectivity index (χ4v) is 4.24. The van der Waals surface area contributed by atoms with Crippen LogP contribution in [0.3, 0.4) is 0 Å². The van der Waals surface area contributed by atoms with E-state index in [0.29, 0.717) is 5.57 Å². The lowest BCUT2D eigenvalue weighted by Crippen LogP contribution is -2.36. The molecule has 0 saturated carbocycles. The van der Waals surface area contributed by atoms with Crippen molar-refractivity contribution in [3.63, 3.8) is 0 Å². The van der Waals surface area contributed by atoms with Crippen molar-refractivity contribution in [2.75, 3.05) is 20.1 Å². The third-order valence-corrected chi connectivity index (χ3v) is 5.72. The van der Waals surface area contributed by atoms with Crippen LogP contribution in [0.5, 0.6) is 0 Å². The predicted molar refractivity (Wildman–Crippen MR) is 116 cm³/mol. The first-order valence-corrected chi connectivity index (χ1v) is 9.81. The molecule has 0 saturated heterocycles. The molecular weight excluding hydrogens is 358 g/mol. The number of nitriles is 1. The quantitative estimate of drug-likeness (QED) is 0.835. The van der Waals surface area contributed by atoms with Gasteiger partial charge in [-0.2, -0.15) is 5.26 Å². The second kappa shape index (κ2) is 7.62. The molecule has 1 atom stereocenters. The monoisotopic (exact) mass is 383 g/mol. The molecule has 2 aromatic rings. The molecular formula is C25H25N3O. The molecule has 2 aliphatic heterocycles. The largest absolute Gasteiger partial charge is 0.440 e. The molecule has 2 aliphatic rings. The summed E-state index contributed by atoms with van der Waals surface area (Å²) < 4.78 is 6.08. The Morgan fingerprint density at radius 1 is 1.07 bits per heavy atom. The van der Waals surface area contributed by atoms with E-state index in [4.69, 9.17) is 10.5 Å². The number of hydrogen-bond acceptors (Lipinski definition) is 4. The lowest BCUT2D eigenvalue weighted by Gasteiger charge is -2.37. The first kappa shape index (κ1) is 19.0. The Labute approximate surface area is 172 Å². The number of nitrogens with zero attached hydrogens (tertiary/aromatic N) is 2. The summed E-state index contributed by atoms with van der Waals surface area (Å²) in [5.74, 6) is 0.837. The standard InChI is InChI=1S/C25H25N3O/c1-16-8-4-6-10-18(16)12-19-14-28(3)15-22-23(20-11-7-5-9-17(20)2)21(13-26)25(27)29-24(19)22/h4-12,23H,14-15,27H2,1-3H3/b19-12+. The lowest BCUT2D eigenvalue weighted by atomic mass is 9.79. The van der Waals surface area contributed by atoms with Gasteiger partial charge in [0.1, 0.15) is 17.4 Å². The summed E-state index contributed by atoms with van der Waals surface area (Å²) in [6, 6.07) is 18.8. The van der Waals surface area contributed by atoms with Gasteiger partial charge in [-0.3, -0.25) is 4.90 Å². The fraction of sp³-hybridized carbons (Fsp3) is 0.240. The number of ether oxygens (including phenoxy) is 1. The van der Waals surface area contributed by atoms with Gasteiger partial charge in [-0.1, -0.05) is 48.5 Å². The van der Waals surface area contributed by atoms with Crippen molar-refractivity contribution in [2.24, 2.45) is 5.73 Å². The highest BCUT2D eigenvalue weighted by Crippen LogP contribution is 2.44. The molecule has 0 fully saturated rings. The van der Waals surface area contributed by atoms with Gasteiger partial charge in [-0.25, -0.2) is 0 Å². The van der Waals surface area contributed by atoms with E-state index in [-0.39, 0.29) is 11.8 Å². The van der Waals surface area contributed by atoms with Gasteiger partial charge in [-0.15, -0.1) is 0 Å². The van der Waals surface area contributed by atoms with E-state index < -0.39 is 0 Å². The summed E-state index contributed by atoms with van der Waals surface area (Å²) in [6.45, 7) is 5.68. The minimum absolute atomic E-state index is 0.187. The van der Waals surface area contributed by atoms with Crippen LogP contribution in [0, 0.1) is 25.2 Å². The van der Waals surface area contributed by atoms with E-state index in [1.807, 2.05) is 24.3 Å². The smallest absolute Gasteiger partial charge is 0.205 e. The fourth-order valence-electron chi connectivity index (χ4n) is 4.24. The average molecular weight is 383 g/mol. The Morgan fingerprint density at radius 2 is 1.76 bits per heavy atom. The number of benzene rings is 2. The van der Waals surface area contributed by atoms with Gasteiger partial charge in [-0.05, 0) is 54.8 Å².